The van der Waals surface area contributed by atoms with Crippen molar-refractivity contribution in [1.29, 1.82) is 0 Å². The van der Waals surface area contributed by atoms with Crippen molar-refractivity contribution in [2.24, 2.45) is 0 Å². The second-order valence-corrected chi connectivity index (χ2v) is 13.4. The molecular formula is C46H28BN3O2. The summed E-state index contributed by atoms with van der Waals surface area (Å²) in [6.45, 7) is -0.0938. The molecule has 5 heterocycles. The number of pyridine rings is 2. The van der Waals surface area contributed by atoms with Gasteiger partial charge < -0.3 is 14.0 Å². The first kappa shape index (κ1) is 28.9. The second-order valence-electron chi connectivity index (χ2n) is 13.4. The van der Waals surface area contributed by atoms with E-state index in [1.807, 2.05) is 24.5 Å². The number of aromatic nitrogens is 3. The summed E-state index contributed by atoms with van der Waals surface area (Å²) in [6, 6.07) is 51.3. The minimum absolute atomic E-state index is 0.0938. The first-order valence-corrected chi connectivity index (χ1v) is 17.5. The maximum atomic E-state index is 7.00. The molecule has 3 aromatic heterocycles. The van der Waals surface area contributed by atoms with E-state index in [-0.39, 0.29) is 6.71 Å². The van der Waals surface area contributed by atoms with Crippen LogP contribution >= 0.6 is 0 Å². The van der Waals surface area contributed by atoms with E-state index >= 15 is 0 Å². The fourth-order valence-electron chi connectivity index (χ4n) is 8.24. The van der Waals surface area contributed by atoms with Crippen LogP contribution in [0.15, 0.2) is 170 Å². The fraction of sp³-hybridized carbons (Fsp3) is 0. The highest BCUT2D eigenvalue weighted by molar-refractivity contribution is 6.98. The number of ether oxygens (including phenoxy) is 2. The highest BCUT2D eigenvalue weighted by Gasteiger charge is 2.42. The molecule has 5 nitrogen and oxygen atoms in total. The molecule has 0 spiro atoms. The van der Waals surface area contributed by atoms with Gasteiger partial charge in [0.15, 0.2) is 0 Å². The van der Waals surface area contributed by atoms with E-state index < -0.39 is 0 Å². The van der Waals surface area contributed by atoms with Crippen LogP contribution in [0.5, 0.6) is 23.0 Å². The van der Waals surface area contributed by atoms with E-state index in [1.165, 1.54) is 21.8 Å². The van der Waals surface area contributed by atoms with Gasteiger partial charge >= 0.3 is 0 Å². The van der Waals surface area contributed by atoms with Crippen molar-refractivity contribution in [2.75, 3.05) is 0 Å². The van der Waals surface area contributed by atoms with Crippen LogP contribution < -0.4 is 25.9 Å². The van der Waals surface area contributed by atoms with Gasteiger partial charge in [0.25, 0.3) is 6.71 Å². The van der Waals surface area contributed by atoms with E-state index in [2.05, 4.69) is 148 Å². The van der Waals surface area contributed by atoms with Crippen LogP contribution in [0.3, 0.4) is 0 Å². The minimum atomic E-state index is -0.0938. The minimum Gasteiger partial charge on any atom is -0.458 e. The number of hydrogen-bond acceptors (Lipinski definition) is 4. The van der Waals surface area contributed by atoms with Crippen molar-refractivity contribution >= 4 is 44.9 Å². The summed E-state index contributed by atoms with van der Waals surface area (Å²) in [7, 11) is 0. The van der Waals surface area contributed by atoms with E-state index in [0.29, 0.717) is 0 Å². The molecule has 11 rings (SSSR count). The summed E-state index contributed by atoms with van der Waals surface area (Å²) in [6.07, 6.45) is 7.40. The number of rotatable bonds is 4. The number of benzene rings is 6. The number of para-hydroxylation sites is 4. The molecular weight excluding hydrogens is 637 g/mol. The Balaban J connectivity index is 1.13. The lowest BCUT2D eigenvalue weighted by atomic mass is 9.34. The summed E-state index contributed by atoms with van der Waals surface area (Å²) in [4.78, 5) is 8.87. The molecule has 0 fully saturated rings. The van der Waals surface area contributed by atoms with Gasteiger partial charge in [0.05, 0.1) is 11.0 Å². The van der Waals surface area contributed by atoms with Crippen LogP contribution in [0, 0.1) is 0 Å². The smallest absolute Gasteiger partial charge is 0.260 e. The number of fused-ring (bicyclic) bond motifs is 7. The largest absolute Gasteiger partial charge is 0.458 e. The monoisotopic (exact) mass is 665 g/mol. The SMILES string of the molecule is c1cncc(-c2cccc3c2Oc2cc(-c4cccc(-n5c6ccccc6c6ccccc65)c4)cc4c2B3c2cccc(-c3cccnc3)c2O4)c1. The van der Waals surface area contributed by atoms with Gasteiger partial charge in [0.1, 0.15) is 23.0 Å². The second kappa shape index (κ2) is 11.3. The van der Waals surface area contributed by atoms with Gasteiger partial charge in [-0.25, -0.2) is 0 Å². The Kier molecular flexibility index (Phi) is 6.28. The number of hydrogen-bond donors (Lipinski definition) is 0. The van der Waals surface area contributed by atoms with Gasteiger partial charge in [-0.15, -0.1) is 0 Å². The normalized spacial score (nSPS) is 12.5. The topological polar surface area (TPSA) is 49.2 Å². The van der Waals surface area contributed by atoms with E-state index in [1.54, 1.807) is 12.4 Å². The van der Waals surface area contributed by atoms with Gasteiger partial charge in [0, 0.05) is 69.0 Å². The van der Waals surface area contributed by atoms with Gasteiger partial charge in [-0.05, 0) is 70.6 Å². The average Bonchev–Trinajstić information content (AvgIpc) is 3.55. The van der Waals surface area contributed by atoms with Gasteiger partial charge in [-0.3, -0.25) is 9.97 Å². The summed E-state index contributed by atoms with van der Waals surface area (Å²) < 4.78 is 16.3. The van der Waals surface area contributed by atoms with Crippen molar-refractivity contribution < 1.29 is 9.47 Å². The van der Waals surface area contributed by atoms with Crippen molar-refractivity contribution in [3.05, 3.63) is 170 Å². The molecule has 0 N–H and O–H groups in total. The van der Waals surface area contributed by atoms with Crippen molar-refractivity contribution in [3.8, 4) is 62.1 Å². The highest BCUT2D eigenvalue weighted by atomic mass is 16.5. The zero-order chi connectivity index (χ0) is 34.2. The van der Waals surface area contributed by atoms with E-state index in [9.17, 15) is 0 Å². The van der Waals surface area contributed by atoms with Crippen LogP contribution in [0.25, 0.3) is 60.9 Å². The third kappa shape index (κ3) is 4.31. The molecule has 6 heteroatoms. The molecule has 0 amide bonds. The summed E-state index contributed by atoms with van der Waals surface area (Å²) in [5.74, 6) is 3.27. The average molecular weight is 666 g/mol. The molecule has 0 saturated heterocycles. The number of nitrogens with zero attached hydrogens (tertiary/aromatic N) is 3. The van der Waals surface area contributed by atoms with Crippen molar-refractivity contribution in [3.63, 3.8) is 0 Å². The highest BCUT2D eigenvalue weighted by Crippen LogP contribution is 2.44. The fourth-order valence-corrected chi connectivity index (χ4v) is 8.24. The Morgan fingerprint density at radius 3 is 1.56 bits per heavy atom. The Hall–Kier alpha value is -6.92. The lowest BCUT2D eigenvalue weighted by Gasteiger charge is -2.35. The third-order valence-electron chi connectivity index (χ3n) is 10.5. The van der Waals surface area contributed by atoms with Gasteiger partial charge in [0.2, 0.25) is 0 Å². The Labute approximate surface area is 300 Å². The van der Waals surface area contributed by atoms with Crippen LogP contribution in [0.2, 0.25) is 0 Å². The predicted octanol–water partition coefficient (Wildman–Crippen LogP) is 9.30. The molecule has 0 unspecified atom stereocenters. The Bertz CT molecular complexity index is 2700. The lowest BCUT2D eigenvalue weighted by molar-refractivity contribution is 0.466. The molecule has 9 aromatic rings. The quantitative estimate of drug-likeness (QED) is 0.176. The first-order chi connectivity index (χ1) is 25.8. The van der Waals surface area contributed by atoms with Crippen LogP contribution in [0.4, 0.5) is 0 Å². The maximum absolute atomic E-state index is 7.00. The Morgan fingerprint density at radius 1 is 0.462 bits per heavy atom. The molecule has 2 aliphatic rings. The molecule has 0 atom stereocenters. The Morgan fingerprint density at radius 2 is 1.00 bits per heavy atom. The van der Waals surface area contributed by atoms with Gasteiger partial charge in [-0.2, -0.15) is 0 Å². The molecule has 242 valence electrons. The molecule has 52 heavy (non-hydrogen) atoms. The van der Waals surface area contributed by atoms with Crippen molar-refractivity contribution in [1.82, 2.24) is 14.5 Å². The zero-order valence-electron chi connectivity index (χ0n) is 27.9. The first-order valence-electron chi connectivity index (χ1n) is 17.5. The van der Waals surface area contributed by atoms with Crippen LogP contribution in [-0.4, -0.2) is 21.2 Å². The molecule has 2 aliphatic heterocycles. The lowest BCUT2D eigenvalue weighted by Crippen LogP contribution is -2.57. The molecule has 0 bridgehead atoms. The molecule has 6 aromatic carbocycles. The van der Waals surface area contributed by atoms with Crippen LogP contribution in [0.1, 0.15) is 0 Å². The predicted molar refractivity (Wildman–Crippen MR) is 210 cm³/mol. The maximum Gasteiger partial charge on any atom is 0.260 e. The molecule has 0 saturated carbocycles. The van der Waals surface area contributed by atoms with E-state index in [4.69, 9.17) is 9.47 Å². The molecule has 0 aliphatic carbocycles. The summed E-state index contributed by atoms with van der Waals surface area (Å²) in [5.41, 5.74) is 12.8. The van der Waals surface area contributed by atoms with Gasteiger partial charge in [-0.1, -0.05) is 97.1 Å². The zero-order valence-corrected chi connectivity index (χ0v) is 27.9. The third-order valence-corrected chi connectivity index (χ3v) is 10.5. The van der Waals surface area contributed by atoms with E-state index in [0.717, 1.165) is 78.5 Å². The molecule has 0 radical (unpaired) electrons. The summed E-state index contributed by atoms with van der Waals surface area (Å²) in [5, 5.41) is 2.47. The van der Waals surface area contributed by atoms with Crippen LogP contribution in [-0.2, 0) is 0 Å². The standard InChI is InChI=1S/C46H28BN3O2/c1-3-20-40-36(14-1)37-15-2-4-21-41(37)50(40)33-13-5-10-29(24-33)32-25-42-44-43(26-32)52-46-35(31-12-9-23-49-28-31)17-7-19-39(46)47(44)38-18-6-16-34(45(38)51-42)30-11-8-22-48-27-30/h1-28H. The summed E-state index contributed by atoms with van der Waals surface area (Å²) >= 11 is 0. The van der Waals surface area contributed by atoms with Crippen molar-refractivity contribution in [2.45, 2.75) is 0 Å².